The van der Waals surface area contributed by atoms with Crippen molar-refractivity contribution in [3.05, 3.63) is 23.8 Å². The molecule has 21 heavy (non-hydrogen) atoms. The number of nitrogen functional groups attached to an aromatic ring is 1. The molecule has 1 atom stereocenters. The van der Waals surface area contributed by atoms with Crippen LogP contribution in [0.5, 0.6) is 0 Å². The molecule has 3 rings (SSSR count). The van der Waals surface area contributed by atoms with E-state index in [1.165, 1.54) is 25.3 Å². The smallest absolute Gasteiger partial charge is 0.201 e. The first-order valence-corrected chi connectivity index (χ1v) is 7.75. The number of rotatable bonds is 3. The molecule has 1 aliphatic rings. The van der Waals surface area contributed by atoms with Gasteiger partial charge in [-0.15, -0.1) is 0 Å². The highest BCUT2D eigenvalue weighted by molar-refractivity contribution is 5.79. The number of halogens is 2. The van der Waals surface area contributed by atoms with Crippen LogP contribution in [0.25, 0.3) is 11.0 Å². The Hall–Kier alpha value is -1.65. The lowest BCUT2D eigenvalue weighted by molar-refractivity contribution is 0.248. The molecule has 1 unspecified atom stereocenters. The van der Waals surface area contributed by atoms with Gasteiger partial charge in [-0.3, -0.25) is 0 Å². The summed E-state index contributed by atoms with van der Waals surface area (Å²) in [5.74, 6) is -0.939. The summed E-state index contributed by atoms with van der Waals surface area (Å²) < 4.78 is 29.6. The van der Waals surface area contributed by atoms with Crippen LogP contribution in [0.2, 0.25) is 0 Å². The minimum Gasteiger partial charge on any atom is -0.369 e. The average Bonchev–Trinajstić information content (AvgIpc) is 2.83. The maximum Gasteiger partial charge on any atom is 0.201 e. The largest absolute Gasteiger partial charge is 0.369 e. The van der Waals surface area contributed by atoms with Crippen molar-refractivity contribution in [2.24, 2.45) is 5.92 Å². The highest BCUT2D eigenvalue weighted by Crippen LogP contribution is 2.38. The molecule has 1 aromatic heterocycles. The van der Waals surface area contributed by atoms with Crippen LogP contribution < -0.4 is 5.73 Å². The summed E-state index contributed by atoms with van der Waals surface area (Å²) in [6.07, 6.45) is 6.74. The van der Waals surface area contributed by atoms with Crippen LogP contribution in [-0.4, -0.2) is 9.55 Å². The van der Waals surface area contributed by atoms with Gasteiger partial charge in [-0.2, -0.15) is 0 Å². The van der Waals surface area contributed by atoms with Gasteiger partial charge in [0.2, 0.25) is 5.95 Å². The molecular formula is C16H21F2N3. The minimum atomic E-state index is -0.845. The molecule has 0 radical (unpaired) electrons. The first kappa shape index (κ1) is 14.3. The van der Waals surface area contributed by atoms with Crippen LogP contribution in [0.3, 0.4) is 0 Å². The number of nitrogens with two attached hydrogens (primary N) is 1. The van der Waals surface area contributed by atoms with Crippen molar-refractivity contribution < 1.29 is 8.78 Å². The molecule has 0 spiro atoms. The van der Waals surface area contributed by atoms with Crippen molar-refractivity contribution in [3.8, 4) is 0 Å². The van der Waals surface area contributed by atoms with Crippen molar-refractivity contribution in [2.45, 2.75) is 51.5 Å². The molecule has 1 aromatic carbocycles. The van der Waals surface area contributed by atoms with Crippen LogP contribution in [0.15, 0.2) is 12.1 Å². The number of hydrogen-bond acceptors (Lipinski definition) is 2. The maximum atomic E-state index is 14.2. The maximum absolute atomic E-state index is 14.2. The second kappa shape index (κ2) is 5.62. The Kier molecular flexibility index (Phi) is 3.83. The molecule has 0 saturated heterocycles. The van der Waals surface area contributed by atoms with Gasteiger partial charge in [0, 0.05) is 6.04 Å². The molecule has 2 aromatic rings. The fraction of sp³-hybridized carbons (Fsp3) is 0.562. The third kappa shape index (κ3) is 2.39. The Balaban J connectivity index is 2.12. The van der Waals surface area contributed by atoms with E-state index >= 15 is 0 Å². The van der Waals surface area contributed by atoms with E-state index in [4.69, 9.17) is 5.73 Å². The standard InChI is InChI=1S/C16H21F2N3/c1-2-13(10-6-4-3-5-7-10)21-15-12(20-16(21)19)9-8-11(17)14(15)18/h8-10,13H,2-7H2,1H3,(H2,19,20). The third-order valence-electron chi connectivity index (χ3n) is 4.71. The zero-order valence-corrected chi connectivity index (χ0v) is 12.3. The van der Waals surface area contributed by atoms with Crippen LogP contribution in [0, 0.1) is 17.6 Å². The Morgan fingerprint density at radius 1 is 1.29 bits per heavy atom. The Morgan fingerprint density at radius 3 is 2.67 bits per heavy atom. The monoisotopic (exact) mass is 293 g/mol. The van der Waals surface area contributed by atoms with Crippen LogP contribution in [0.4, 0.5) is 14.7 Å². The van der Waals surface area contributed by atoms with E-state index in [2.05, 4.69) is 11.9 Å². The highest BCUT2D eigenvalue weighted by Gasteiger charge is 2.28. The van der Waals surface area contributed by atoms with Crippen LogP contribution in [-0.2, 0) is 0 Å². The number of hydrogen-bond donors (Lipinski definition) is 1. The molecule has 3 nitrogen and oxygen atoms in total. The summed E-state index contributed by atoms with van der Waals surface area (Å²) in [5, 5.41) is 0. The molecular weight excluding hydrogens is 272 g/mol. The molecule has 114 valence electrons. The predicted octanol–water partition coefficient (Wildman–Crippen LogP) is 4.43. The first-order chi connectivity index (χ1) is 10.1. The lowest BCUT2D eigenvalue weighted by atomic mass is 9.82. The number of benzene rings is 1. The van der Waals surface area contributed by atoms with Crippen LogP contribution >= 0.6 is 0 Å². The molecule has 0 aliphatic heterocycles. The fourth-order valence-electron chi connectivity index (χ4n) is 3.72. The van der Waals surface area contributed by atoms with Gasteiger partial charge < -0.3 is 10.3 Å². The summed E-state index contributed by atoms with van der Waals surface area (Å²) in [6.45, 7) is 2.07. The van der Waals surface area contributed by atoms with E-state index in [9.17, 15) is 8.78 Å². The van der Waals surface area contributed by atoms with Crippen molar-refractivity contribution in [1.82, 2.24) is 9.55 Å². The normalized spacial score (nSPS) is 18.2. The summed E-state index contributed by atoms with van der Waals surface area (Å²) in [7, 11) is 0. The highest BCUT2D eigenvalue weighted by atomic mass is 19.2. The zero-order chi connectivity index (χ0) is 15.0. The van der Waals surface area contributed by atoms with E-state index < -0.39 is 11.6 Å². The molecule has 1 aliphatic carbocycles. The van der Waals surface area contributed by atoms with Crippen molar-refractivity contribution in [1.29, 1.82) is 0 Å². The molecule has 0 amide bonds. The van der Waals surface area contributed by atoms with Gasteiger partial charge in [0.1, 0.15) is 5.52 Å². The van der Waals surface area contributed by atoms with Crippen molar-refractivity contribution >= 4 is 17.0 Å². The summed E-state index contributed by atoms with van der Waals surface area (Å²) >= 11 is 0. The van der Waals surface area contributed by atoms with E-state index in [-0.39, 0.29) is 17.5 Å². The lowest BCUT2D eigenvalue weighted by Crippen LogP contribution is -2.23. The number of imidazole rings is 1. The molecule has 2 N–H and O–H groups in total. The van der Waals surface area contributed by atoms with Crippen molar-refractivity contribution in [2.75, 3.05) is 5.73 Å². The van der Waals surface area contributed by atoms with Gasteiger partial charge in [-0.25, -0.2) is 13.8 Å². The van der Waals surface area contributed by atoms with Gasteiger partial charge in [0.15, 0.2) is 11.6 Å². The predicted molar refractivity (Wildman–Crippen MR) is 80.0 cm³/mol. The van der Waals surface area contributed by atoms with Gasteiger partial charge in [-0.05, 0) is 37.3 Å². The number of aromatic nitrogens is 2. The van der Waals surface area contributed by atoms with E-state index in [0.29, 0.717) is 11.4 Å². The number of fused-ring (bicyclic) bond motifs is 1. The van der Waals surface area contributed by atoms with Gasteiger partial charge >= 0.3 is 0 Å². The topological polar surface area (TPSA) is 43.8 Å². The van der Waals surface area contributed by atoms with Crippen LogP contribution in [0.1, 0.15) is 51.5 Å². The first-order valence-electron chi connectivity index (χ1n) is 7.75. The Bertz CT molecular complexity index is 644. The molecule has 1 saturated carbocycles. The second-order valence-corrected chi connectivity index (χ2v) is 5.94. The third-order valence-corrected chi connectivity index (χ3v) is 4.71. The second-order valence-electron chi connectivity index (χ2n) is 5.94. The Morgan fingerprint density at radius 2 is 2.00 bits per heavy atom. The van der Waals surface area contributed by atoms with E-state index in [1.807, 2.05) is 0 Å². The van der Waals surface area contributed by atoms with Gasteiger partial charge in [0.05, 0.1) is 5.52 Å². The SMILES string of the molecule is CCC(C1CCCCC1)n1c(N)nc2ccc(F)c(F)c21. The molecule has 5 heteroatoms. The fourth-order valence-corrected chi connectivity index (χ4v) is 3.72. The molecule has 0 bridgehead atoms. The van der Waals surface area contributed by atoms with Crippen molar-refractivity contribution in [3.63, 3.8) is 0 Å². The molecule has 1 heterocycles. The minimum absolute atomic E-state index is 0.0894. The van der Waals surface area contributed by atoms with E-state index in [0.717, 1.165) is 25.3 Å². The summed E-state index contributed by atoms with van der Waals surface area (Å²) in [6, 6.07) is 2.69. The quantitative estimate of drug-likeness (QED) is 0.910. The van der Waals surface area contributed by atoms with E-state index in [1.54, 1.807) is 4.57 Å². The summed E-state index contributed by atoms with van der Waals surface area (Å²) in [4.78, 5) is 4.21. The lowest BCUT2D eigenvalue weighted by Gasteiger charge is -2.31. The average molecular weight is 293 g/mol. The summed E-state index contributed by atoms with van der Waals surface area (Å²) in [5.41, 5.74) is 6.66. The Labute approximate surface area is 123 Å². The number of nitrogens with zero attached hydrogens (tertiary/aromatic N) is 2. The molecule has 1 fully saturated rings. The van der Waals surface area contributed by atoms with Gasteiger partial charge in [0.25, 0.3) is 0 Å². The zero-order valence-electron chi connectivity index (χ0n) is 12.3. The number of anilines is 1. The van der Waals surface area contributed by atoms with Gasteiger partial charge in [-0.1, -0.05) is 26.2 Å².